The van der Waals surface area contributed by atoms with E-state index in [9.17, 15) is 0 Å². The molecule has 1 heterocycles. The Morgan fingerprint density at radius 2 is 2.36 bits per heavy atom. The second kappa shape index (κ2) is 4.12. The van der Waals surface area contributed by atoms with Gasteiger partial charge in [0.1, 0.15) is 12.3 Å². The summed E-state index contributed by atoms with van der Waals surface area (Å²) in [6, 6.07) is 3.64. The minimum Gasteiger partial charge on any atom is -0.384 e. The van der Waals surface area contributed by atoms with E-state index < -0.39 is 0 Å². The van der Waals surface area contributed by atoms with Crippen molar-refractivity contribution in [2.24, 2.45) is 0 Å². The summed E-state index contributed by atoms with van der Waals surface area (Å²) in [6.07, 6.45) is 1.67. The van der Waals surface area contributed by atoms with Crippen molar-refractivity contribution in [1.29, 1.82) is 0 Å². The number of pyridine rings is 1. The van der Waals surface area contributed by atoms with Crippen LogP contribution in [-0.4, -0.2) is 16.7 Å². The molecule has 1 N–H and O–H groups in total. The van der Waals surface area contributed by atoms with E-state index in [-0.39, 0.29) is 6.61 Å². The lowest BCUT2D eigenvalue weighted by atomic mass is 10.3. The van der Waals surface area contributed by atoms with E-state index in [2.05, 4.69) is 32.8 Å². The minimum absolute atomic E-state index is 0.127. The van der Waals surface area contributed by atoms with Crippen molar-refractivity contribution >= 4 is 15.9 Å². The molecule has 2 nitrogen and oxygen atoms in total. The third-order valence-corrected chi connectivity index (χ3v) is 1.49. The summed E-state index contributed by atoms with van der Waals surface area (Å²) in [5.74, 6) is 5.20. The van der Waals surface area contributed by atoms with Crippen LogP contribution < -0.4 is 0 Å². The summed E-state index contributed by atoms with van der Waals surface area (Å²) >= 11 is 3.25. The Morgan fingerprint density at radius 1 is 1.55 bits per heavy atom. The molecule has 0 saturated carbocycles. The second-order valence-electron chi connectivity index (χ2n) is 1.82. The highest BCUT2D eigenvalue weighted by molar-refractivity contribution is 9.10. The Kier molecular flexibility index (Phi) is 3.09. The van der Waals surface area contributed by atoms with Crippen LogP contribution in [-0.2, 0) is 0 Å². The SMILES string of the molecule is OCC#Cc1ccc(Br)cn1. The molecule has 0 fully saturated rings. The lowest BCUT2D eigenvalue weighted by molar-refractivity contribution is 0.350. The van der Waals surface area contributed by atoms with E-state index >= 15 is 0 Å². The maximum absolute atomic E-state index is 8.37. The summed E-state index contributed by atoms with van der Waals surface area (Å²) in [4.78, 5) is 3.98. The van der Waals surface area contributed by atoms with Crippen LogP contribution in [0.3, 0.4) is 0 Å². The van der Waals surface area contributed by atoms with Gasteiger partial charge in [0.15, 0.2) is 0 Å². The topological polar surface area (TPSA) is 33.1 Å². The quantitative estimate of drug-likeness (QED) is 0.655. The van der Waals surface area contributed by atoms with Crippen LogP contribution in [0.25, 0.3) is 0 Å². The van der Waals surface area contributed by atoms with E-state index in [1.54, 1.807) is 12.3 Å². The van der Waals surface area contributed by atoms with Gasteiger partial charge in [-0.2, -0.15) is 0 Å². The fourth-order valence-electron chi connectivity index (χ4n) is 0.580. The van der Waals surface area contributed by atoms with Crippen molar-refractivity contribution < 1.29 is 5.11 Å². The Hall–Kier alpha value is -0.850. The summed E-state index contributed by atoms with van der Waals surface area (Å²) in [5, 5.41) is 8.37. The molecule has 0 atom stereocenters. The van der Waals surface area contributed by atoms with E-state index in [4.69, 9.17) is 5.11 Å². The van der Waals surface area contributed by atoms with Crippen molar-refractivity contribution in [3.05, 3.63) is 28.5 Å². The van der Waals surface area contributed by atoms with Crippen LogP contribution >= 0.6 is 15.9 Å². The van der Waals surface area contributed by atoms with E-state index in [0.717, 1.165) is 4.47 Å². The zero-order chi connectivity index (χ0) is 8.10. The number of aliphatic hydroxyl groups excluding tert-OH is 1. The zero-order valence-electron chi connectivity index (χ0n) is 5.71. The monoisotopic (exact) mass is 211 g/mol. The van der Waals surface area contributed by atoms with Crippen LogP contribution in [0, 0.1) is 11.8 Å². The number of rotatable bonds is 0. The lowest BCUT2D eigenvalue weighted by Gasteiger charge is -1.88. The van der Waals surface area contributed by atoms with Crippen molar-refractivity contribution in [1.82, 2.24) is 4.98 Å². The number of hydrogen-bond donors (Lipinski definition) is 1. The van der Waals surface area contributed by atoms with Gasteiger partial charge < -0.3 is 5.11 Å². The molecule has 1 rings (SSSR count). The predicted octanol–water partition coefficient (Wildman–Crippen LogP) is 1.19. The summed E-state index contributed by atoms with van der Waals surface area (Å²) < 4.78 is 0.923. The molecule has 0 bridgehead atoms. The minimum atomic E-state index is -0.127. The van der Waals surface area contributed by atoms with Gasteiger partial charge in [-0.05, 0) is 34.0 Å². The van der Waals surface area contributed by atoms with Gasteiger partial charge in [-0.15, -0.1) is 0 Å². The first-order valence-corrected chi connectivity index (χ1v) is 3.83. The molecular formula is C8H6BrNO. The number of hydrogen-bond acceptors (Lipinski definition) is 2. The molecule has 0 radical (unpaired) electrons. The van der Waals surface area contributed by atoms with E-state index in [1.807, 2.05) is 6.07 Å². The Morgan fingerprint density at radius 3 is 2.91 bits per heavy atom. The molecule has 0 aliphatic rings. The van der Waals surface area contributed by atoms with Gasteiger partial charge in [-0.1, -0.05) is 5.92 Å². The van der Waals surface area contributed by atoms with Crippen molar-refractivity contribution in [3.63, 3.8) is 0 Å². The molecule has 1 aromatic heterocycles. The smallest absolute Gasteiger partial charge is 0.113 e. The fourth-order valence-corrected chi connectivity index (χ4v) is 0.814. The standard InChI is InChI=1S/C8H6BrNO/c9-7-3-4-8(10-6-7)2-1-5-11/h3-4,6,11H,5H2. The average molecular weight is 212 g/mol. The van der Waals surface area contributed by atoms with Gasteiger partial charge in [-0.25, -0.2) is 4.98 Å². The Labute approximate surface area is 73.4 Å². The zero-order valence-corrected chi connectivity index (χ0v) is 7.30. The first-order chi connectivity index (χ1) is 5.33. The van der Waals surface area contributed by atoms with Gasteiger partial charge in [0.25, 0.3) is 0 Å². The van der Waals surface area contributed by atoms with Crippen molar-refractivity contribution in [3.8, 4) is 11.8 Å². The highest BCUT2D eigenvalue weighted by Crippen LogP contribution is 2.06. The first kappa shape index (κ1) is 8.25. The fraction of sp³-hybridized carbons (Fsp3) is 0.125. The molecule has 0 saturated heterocycles. The molecule has 0 aliphatic carbocycles. The molecule has 0 spiro atoms. The summed E-state index contributed by atoms with van der Waals surface area (Å²) in [6.45, 7) is -0.127. The number of halogens is 1. The van der Waals surface area contributed by atoms with Crippen molar-refractivity contribution in [2.45, 2.75) is 0 Å². The average Bonchev–Trinajstić information content (AvgIpc) is 2.04. The predicted molar refractivity (Wildman–Crippen MR) is 45.9 cm³/mol. The van der Waals surface area contributed by atoms with Gasteiger partial charge in [0.05, 0.1) is 0 Å². The maximum Gasteiger partial charge on any atom is 0.113 e. The molecule has 3 heteroatoms. The largest absolute Gasteiger partial charge is 0.384 e. The normalized spacial score (nSPS) is 8.55. The second-order valence-corrected chi connectivity index (χ2v) is 2.74. The van der Waals surface area contributed by atoms with Crippen LogP contribution in [0.5, 0.6) is 0 Å². The number of aromatic nitrogens is 1. The highest BCUT2D eigenvalue weighted by Gasteiger charge is 1.86. The van der Waals surface area contributed by atoms with Crippen molar-refractivity contribution in [2.75, 3.05) is 6.61 Å². The van der Waals surface area contributed by atoms with E-state index in [1.165, 1.54) is 0 Å². The highest BCUT2D eigenvalue weighted by atomic mass is 79.9. The maximum atomic E-state index is 8.37. The Balaban J connectivity index is 2.82. The molecule has 0 amide bonds. The number of nitrogens with zero attached hydrogens (tertiary/aromatic N) is 1. The van der Waals surface area contributed by atoms with Gasteiger partial charge >= 0.3 is 0 Å². The molecular weight excluding hydrogens is 206 g/mol. The van der Waals surface area contributed by atoms with Crippen LogP contribution in [0.15, 0.2) is 22.8 Å². The number of aliphatic hydroxyl groups is 1. The lowest BCUT2D eigenvalue weighted by Crippen LogP contribution is -1.81. The van der Waals surface area contributed by atoms with Crippen LogP contribution in [0.4, 0.5) is 0 Å². The van der Waals surface area contributed by atoms with Crippen LogP contribution in [0.2, 0.25) is 0 Å². The summed E-state index contributed by atoms with van der Waals surface area (Å²) in [5.41, 5.74) is 0.669. The van der Waals surface area contributed by atoms with E-state index in [0.29, 0.717) is 5.69 Å². The molecule has 1 aromatic rings. The van der Waals surface area contributed by atoms with Gasteiger partial charge in [0, 0.05) is 10.7 Å². The third-order valence-electron chi connectivity index (χ3n) is 1.02. The summed E-state index contributed by atoms with van der Waals surface area (Å²) in [7, 11) is 0. The van der Waals surface area contributed by atoms with Crippen LogP contribution in [0.1, 0.15) is 5.69 Å². The third kappa shape index (κ3) is 2.71. The molecule has 0 unspecified atom stereocenters. The first-order valence-electron chi connectivity index (χ1n) is 3.04. The van der Waals surface area contributed by atoms with Gasteiger partial charge in [0.2, 0.25) is 0 Å². The molecule has 56 valence electrons. The Bertz CT molecular complexity index is 283. The molecule has 11 heavy (non-hydrogen) atoms. The molecule has 0 aliphatic heterocycles. The molecule has 0 aromatic carbocycles. The van der Waals surface area contributed by atoms with Gasteiger partial charge in [-0.3, -0.25) is 0 Å².